The molecular formula is C48H39N. The molecule has 0 radical (unpaired) electrons. The van der Waals surface area contributed by atoms with Crippen LogP contribution in [0.5, 0.6) is 0 Å². The van der Waals surface area contributed by atoms with Crippen molar-refractivity contribution in [3.63, 3.8) is 0 Å². The largest absolute Gasteiger partial charge is 0.310 e. The fourth-order valence-corrected chi connectivity index (χ4v) is 6.48. The van der Waals surface area contributed by atoms with Crippen LogP contribution in [-0.2, 0) is 0 Å². The van der Waals surface area contributed by atoms with Gasteiger partial charge in [-0.2, -0.15) is 0 Å². The van der Waals surface area contributed by atoms with E-state index >= 15 is 0 Å². The Hall–Kier alpha value is -6.18. The van der Waals surface area contributed by atoms with E-state index in [1.165, 1.54) is 50.2 Å². The standard InChI is InChI=1S/C48H39N/c1-36-16-15-17-37(2)48(36)49(44-30-26-38(27-31-44)34-46(40-18-7-3-8-19-40)41-20-9-4-10-21-41)45-32-28-39(29-33-45)35-47(42-22-11-5-12-23-42)43-24-13-6-14-25-43/h3-35H,1-2H3. The van der Waals surface area contributed by atoms with E-state index in [0.717, 1.165) is 22.5 Å². The molecule has 7 rings (SSSR count). The lowest BCUT2D eigenvalue weighted by molar-refractivity contribution is 1.22. The summed E-state index contributed by atoms with van der Waals surface area (Å²) in [5.41, 5.74) is 15.4. The molecule has 0 N–H and O–H groups in total. The van der Waals surface area contributed by atoms with Gasteiger partial charge in [0.15, 0.2) is 0 Å². The number of benzene rings is 7. The molecule has 0 saturated heterocycles. The minimum absolute atomic E-state index is 1.12. The van der Waals surface area contributed by atoms with Crippen LogP contribution in [0.4, 0.5) is 17.1 Å². The molecule has 0 aromatic heterocycles. The van der Waals surface area contributed by atoms with Crippen LogP contribution in [0, 0.1) is 13.8 Å². The first-order chi connectivity index (χ1) is 24.1. The smallest absolute Gasteiger partial charge is 0.0519 e. The van der Waals surface area contributed by atoms with Crippen molar-refractivity contribution in [3.05, 3.63) is 233 Å². The molecule has 0 spiro atoms. The second kappa shape index (κ2) is 14.7. The average molecular weight is 630 g/mol. The Bertz CT molecular complexity index is 1940. The van der Waals surface area contributed by atoms with Crippen molar-refractivity contribution >= 4 is 40.4 Å². The highest BCUT2D eigenvalue weighted by Crippen LogP contribution is 2.39. The summed E-state index contributed by atoms with van der Waals surface area (Å²) in [5, 5.41) is 0. The van der Waals surface area contributed by atoms with E-state index in [2.05, 4.69) is 219 Å². The molecule has 0 amide bonds. The van der Waals surface area contributed by atoms with Gasteiger partial charge in [-0.05, 0) is 106 Å². The lowest BCUT2D eigenvalue weighted by atomic mass is 9.95. The number of hydrogen-bond donors (Lipinski definition) is 0. The molecule has 0 aliphatic carbocycles. The molecular weight excluding hydrogens is 591 g/mol. The van der Waals surface area contributed by atoms with E-state index in [4.69, 9.17) is 0 Å². The maximum atomic E-state index is 2.39. The Morgan fingerprint density at radius 1 is 0.347 bits per heavy atom. The lowest BCUT2D eigenvalue weighted by Crippen LogP contribution is -2.12. The van der Waals surface area contributed by atoms with Gasteiger partial charge in [-0.3, -0.25) is 0 Å². The topological polar surface area (TPSA) is 3.24 Å². The average Bonchev–Trinajstić information content (AvgIpc) is 3.16. The molecule has 0 fully saturated rings. The van der Waals surface area contributed by atoms with Crippen LogP contribution in [0.1, 0.15) is 44.5 Å². The highest BCUT2D eigenvalue weighted by Gasteiger charge is 2.17. The molecule has 1 heteroatoms. The molecule has 7 aromatic rings. The fourth-order valence-electron chi connectivity index (χ4n) is 6.48. The van der Waals surface area contributed by atoms with Crippen molar-refractivity contribution in [1.82, 2.24) is 0 Å². The predicted octanol–water partition coefficient (Wildman–Crippen LogP) is 13.0. The number of rotatable bonds is 9. The minimum atomic E-state index is 1.12. The zero-order valence-electron chi connectivity index (χ0n) is 28.0. The first-order valence-electron chi connectivity index (χ1n) is 16.9. The summed E-state index contributed by atoms with van der Waals surface area (Å²) in [7, 11) is 0. The predicted molar refractivity (Wildman–Crippen MR) is 210 cm³/mol. The van der Waals surface area contributed by atoms with E-state index in [1.807, 2.05) is 0 Å². The van der Waals surface area contributed by atoms with Gasteiger partial charge in [-0.15, -0.1) is 0 Å². The Labute approximate surface area is 290 Å². The summed E-state index contributed by atoms with van der Waals surface area (Å²) in [5.74, 6) is 0. The van der Waals surface area contributed by atoms with Crippen molar-refractivity contribution in [2.45, 2.75) is 13.8 Å². The second-order valence-electron chi connectivity index (χ2n) is 12.3. The van der Waals surface area contributed by atoms with E-state index < -0.39 is 0 Å². The molecule has 49 heavy (non-hydrogen) atoms. The molecule has 0 bridgehead atoms. The molecule has 236 valence electrons. The minimum Gasteiger partial charge on any atom is -0.310 e. The van der Waals surface area contributed by atoms with E-state index in [0.29, 0.717) is 0 Å². The third-order valence-corrected chi connectivity index (χ3v) is 8.93. The molecule has 0 aliphatic rings. The zero-order valence-corrected chi connectivity index (χ0v) is 28.0. The van der Waals surface area contributed by atoms with Crippen molar-refractivity contribution in [3.8, 4) is 0 Å². The van der Waals surface area contributed by atoms with Crippen molar-refractivity contribution < 1.29 is 0 Å². The number of hydrogen-bond acceptors (Lipinski definition) is 1. The molecule has 7 aromatic carbocycles. The Morgan fingerprint density at radius 3 is 0.959 bits per heavy atom. The number of para-hydroxylation sites is 1. The summed E-state index contributed by atoms with van der Waals surface area (Å²) in [6, 6.07) is 66.9. The van der Waals surface area contributed by atoms with Crippen LogP contribution in [0.2, 0.25) is 0 Å². The summed E-state index contributed by atoms with van der Waals surface area (Å²) in [6.07, 6.45) is 4.58. The molecule has 0 aliphatic heterocycles. The van der Waals surface area contributed by atoms with Crippen molar-refractivity contribution in [1.29, 1.82) is 0 Å². The van der Waals surface area contributed by atoms with E-state index in [9.17, 15) is 0 Å². The van der Waals surface area contributed by atoms with Gasteiger partial charge in [0.1, 0.15) is 0 Å². The number of nitrogens with zero attached hydrogens (tertiary/aromatic N) is 1. The van der Waals surface area contributed by atoms with Crippen LogP contribution in [0.3, 0.4) is 0 Å². The zero-order chi connectivity index (χ0) is 33.4. The first-order valence-corrected chi connectivity index (χ1v) is 16.9. The quantitative estimate of drug-likeness (QED) is 0.144. The summed E-state index contributed by atoms with van der Waals surface area (Å²) in [4.78, 5) is 2.39. The van der Waals surface area contributed by atoms with Gasteiger partial charge in [0.05, 0.1) is 5.69 Å². The van der Waals surface area contributed by atoms with Gasteiger partial charge in [-0.25, -0.2) is 0 Å². The summed E-state index contributed by atoms with van der Waals surface area (Å²) < 4.78 is 0. The molecule has 0 unspecified atom stereocenters. The molecule has 0 atom stereocenters. The maximum absolute atomic E-state index is 2.39. The van der Waals surface area contributed by atoms with Crippen LogP contribution in [-0.4, -0.2) is 0 Å². The van der Waals surface area contributed by atoms with Crippen LogP contribution in [0.25, 0.3) is 23.3 Å². The van der Waals surface area contributed by atoms with Gasteiger partial charge >= 0.3 is 0 Å². The van der Waals surface area contributed by atoms with Crippen LogP contribution < -0.4 is 4.90 Å². The van der Waals surface area contributed by atoms with Gasteiger partial charge in [0.25, 0.3) is 0 Å². The third-order valence-electron chi connectivity index (χ3n) is 8.93. The molecule has 0 heterocycles. The van der Waals surface area contributed by atoms with Crippen LogP contribution in [0.15, 0.2) is 188 Å². The Morgan fingerprint density at radius 2 is 0.653 bits per heavy atom. The van der Waals surface area contributed by atoms with Gasteiger partial charge in [0, 0.05) is 11.4 Å². The number of aryl methyl sites for hydroxylation is 2. The molecule has 0 saturated carbocycles. The third kappa shape index (κ3) is 7.22. The number of anilines is 3. The monoisotopic (exact) mass is 629 g/mol. The lowest BCUT2D eigenvalue weighted by Gasteiger charge is -2.29. The highest BCUT2D eigenvalue weighted by atomic mass is 15.1. The SMILES string of the molecule is Cc1cccc(C)c1N(c1ccc(C=C(c2ccccc2)c2ccccc2)cc1)c1ccc(C=C(c2ccccc2)c2ccccc2)cc1. The highest BCUT2D eigenvalue weighted by molar-refractivity contribution is 5.93. The molecule has 1 nitrogen and oxygen atoms in total. The summed E-state index contributed by atoms with van der Waals surface area (Å²) in [6.45, 7) is 4.39. The van der Waals surface area contributed by atoms with E-state index in [1.54, 1.807) is 0 Å². The second-order valence-corrected chi connectivity index (χ2v) is 12.3. The normalized spacial score (nSPS) is 10.7. The van der Waals surface area contributed by atoms with Crippen molar-refractivity contribution in [2.24, 2.45) is 0 Å². The van der Waals surface area contributed by atoms with Crippen LogP contribution >= 0.6 is 0 Å². The van der Waals surface area contributed by atoms with Gasteiger partial charge in [0.2, 0.25) is 0 Å². The van der Waals surface area contributed by atoms with E-state index in [-0.39, 0.29) is 0 Å². The maximum Gasteiger partial charge on any atom is 0.0519 e. The van der Waals surface area contributed by atoms with Gasteiger partial charge < -0.3 is 4.90 Å². The Balaban J connectivity index is 1.27. The first kappa shape index (κ1) is 31.4. The summed E-state index contributed by atoms with van der Waals surface area (Å²) >= 11 is 0. The van der Waals surface area contributed by atoms with Gasteiger partial charge in [-0.1, -0.05) is 164 Å². The fraction of sp³-hybridized carbons (Fsp3) is 0.0417. The Kier molecular flexibility index (Phi) is 9.43. The van der Waals surface area contributed by atoms with Crippen molar-refractivity contribution in [2.75, 3.05) is 4.90 Å².